The average Bonchev–Trinajstić information content (AvgIpc) is 3.07. The smallest absolute Gasteiger partial charge is 0.253 e. The first-order chi connectivity index (χ1) is 10.5. The minimum Gasteiger partial charge on any atom is -0.342 e. The fourth-order valence-electron chi connectivity index (χ4n) is 2.56. The Morgan fingerprint density at radius 3 is 2.32 bits per heavy atom. The van der Waals surface area contributed by atoms with Gasteiger partial charge in [-0.2, -0.15) is 4.31 Å². The summed E-state index contributed by atoms with van der Waals surface area (Å²) in [7, 11) is -1.64. The second-order valence-electron chi connectivity index (χ2n) is 5.72. The summed E-state index contributed by atoms with van der Waals surface area (Å²) < 4.78 is 26.4. The summed E-state index contributed by atoms with van der Waals surface area (Å²) >= 11 is 0. The van der Waals surface area contributed by atoms with Crippen LogP contribution in [0.2, 0.25) is 0 Å². The number of carbonyl (C=O) groups excluding carboxylic acids is 1. The molecule has 2 rings (SSSR count). The van der Waals surface area contributed by atoms with Crippen molar-refractivity contribution in [2.24, 2.45) is 0 Å². The molecule has 1 fully saturated rings. The first-order valence-electron chi connectivity index (χ1n) is 7.82. The fourth-order valence-corrected chi connectivity index (χ4v) is 4.08. The van der Waals surface area contributed by atoms with E-state index in [0.29, 0.717) is 25.2 Å². The second-order valence-corrected chi connectivity index (χ2v) is 7.65. The molecular weight excluding hydrogens is 300 g/mol. The number of hydrogen-bond acceptors (Lipinski definition) is 3. The molecule has 6 heteroatoms. The van der Waals surface area contributed by atoms with Gasteiger partial charge in [-0.15, -0.1) is 0 Å². The summed E-state index contributed by atoms with van der Waals surface area (Å²) in [5.41, 5.74) is 0.527. The van der Waals surface area contributed by atoms with E-state index in [-0.39, 0.29) is 10.8 Å². The van der Waals surface area contributed by atoms with Gasteiger partial charge >= 0.3 is 0 Å². The quantitative estimate of drug-likeness (QED) is 0.807. The SMILES string of the molecule is CCCCN(C)C(=O)c1ccc(S(=O)(=O)N2CCCC2)cc1. The number of rotatable bonds is 6. The van der Waals surface area contributed by atoms with E-state index in [2.05, 4.69) is 6.92 Å². The Bertz CT molecular complexity index is 605. The van der Waals surface area contributed by atoms with E-state index < -0.39 is 10.0 Å². The van der Waals surface area contributed by atoms with Crippen LogP contribution in [0.15, 0.2) is 29.2 Å². The Morgan fingerprint density at radius 2 is 1.77 bits per heavy atom. The number of nitrogens with zero attached hydrogens (tertiary/aromatic N) is 2. The highest BCUT2D eigenvalue weighted by Gasteiger charge is 2.27. The zero-order valence-electron chi connectivity index (χ0n) is 13.3. The van der Waals surface area contributed by atoms with Crippen molar-refractivity contribution in [1.29, 1.82) is 0 Å². The van der Waals surface area contributed by atoms with Gasteiger partial charge in [0.1, 0.15) is 0 Å². The van der Waals surface area contributed by atoms with Crippen molar-refractivity contribution in [3.63, 3.8) is 0 Å². The third kappa shape index (κ3) is 3.67. The number of amides is 1. The maximum atomic E-state index is 12.4. The molecule has 1 heterocycles. The number of hydrogen-bond donors (Lipinski definition) is 0. The molecular formula is C16H24N2O3S. The van der Waals surface area contributed by atoms with Crippen LogP contribution in [-0.2, 0) is 10.0 Å². The van der Waals surface area contributed by atoms with Crippen LogP contribution in [0.3, 0.4) is 0 Å². The van der Waals surface area contributed by atoms with Crippen molar-refractivity contribution >= 4 is 15.9 Å². The molecule has 0 bridgehead atoms. The summed E-state index contributed by atoms with van der Waals surface area (Å²) in [5.74, 6) is -0.0708. The summed E-state index contributed by atoms with van der Waals surface area (Å²) in [4.78, 5) is 14.2. The van der Waals surface area contributed by atoms with Gasteiger partial charge < -0.3 is 4.90 Å². The van der Waals surface area contributed by atoms with Crippen molar-refractivity contribution in [1.82, 2.24) is 9.21 Å². The van der Waals surface area contributed by atoms with Crippen molar-refractivity contribution in [3.05, 3.63) is 29.8 Å². The standard InChI is InChI=1S/C16H24N2O3S/c1-3-4-11-17(2)16(19)14-7-9-15(10-8-14)22(20,21)18-12-5-6-13-18/h7-10H,3-6,11-13H2,1-2H3. The Kier molecular flexibility index (Phi) is 5.58. The zero-order chi connectivity index (χ0) is 16.2. The lowest BCUT2D eigenvalue weighted by Crippen LogP contribution is -2.29. The molecule has 0 spiro atoms. The minimum absolute atomic E-state index is 0.0708. The van der Waals surface area contributed by atoms with Gasteiger partial charge in [0.25, 0.3) is 5.91 Å². The molecule has 1 saturated heterocycles. The van der Waals surface area contributed by atoms with E-state index in [4.69, 9.17) is 0 Å². The van der Waals surface area contributed by atoms with Crippen molar-refractivity contribution in [3.8, 4) is 0 Å². The Balaban J connectivity index is 2.11. The van der Waals surface area contributed by atoms with Crippen LogP contribution < -0.4 is 0 Å². The fraction of sp³-hybridized carbons (Fsp3) is 0.562. The van der Waals surface area contributed by atoms with E-state index in [1.165, 1.54) is 16.4 Å². The van der Waals surface area contributed by atoms with Crippen LogP contribution in [0.5, 0.6) is 0 Å². The number of benzene rings is 1. The zero-order valence-corrected chi connectivity index (χ0v) is 14.1. The molecule has 0 aliphatic carbocycles. The van der Waals surface area contributed by atoms with Gasteiger partial charge in [0.05, 0.1) is 4.90 Å². The predicted octanol–water partition coefficient (Wildman–Crippen LogP) is 2.34. The molecule has 0 unspecified atom stereocenters. The van der Waals surface area contributed by atoms with Crippen LogP contribution in [0.25, 0.3) is 0 Å². The van der Waals surface area contributed by atoms with Gasteiger partial charge in [-0.25, -0.2) is 8.42 Å². The maximum Gasteiger partial charge on any atom is 0.253 e. The van der Waals surface area contributed by atoms with Crippen molar-refractivity contribution in [2.75, 3.05) is 26.7 Å². The molecule has 0 radical (unpaired) electrons. The molecule has 1 aliphatic heterocycles. The lowest BCUT2D eigenvalue weighted by Gasteiger charge is -2.18. The number of carbonyl (C=O) groups is 1. The monoisotopic (exact) mass is 324 g/mol. The molecule has 122 valence electrons. The van der Waals surface area contributed by atoms with Crippen LogP contribution in [0.4, 0.5) is 0 Å². The Hall–Kier alpha value is -1.40. The first kappa shape index (κ1) is 17.0. The average molecular weight is 324 g/mol. The first-order valence-corrected chi connectivity index (χ1v) is 9.26. The second kappa shape index (κ2) is 7.24. The van der Waals surface area contributed by atoms with Gasteiger partial charge in [0.2, 0.25) is 10.0 Å². The van der Waals surface area contributed by atoms with Crippen molar-refractivity contribution in [2.45, 2.75) is 37.5 Å². The van der Waals surface area contributed by atoms with E-state index in [0.717, 1.165) is 25.7 Å². The van der Waals surface area contributed by atoms with E-state index in [1.807, 2.05) is 0 Å². The largest absolute Gasteiger partial charge is 0.342 e. The Morgan fingerprint density at radius 1 is 1.18 bits per heavy atom. The van der Waals surface area contributed by atoms with Gasteiger partial charge in [0, 0.05) is 32.2 Å². The number of unbranched alkanes of at least 4 members (excludes halogenated alkanes) is 1. The molecule has 0 aromatic heterocycles. The lowest BCUT2D eigenvalue weighted by molar-refractivity contribution is 0.0793. The van der Waals surface area contributed by atoms with E-state index >= 15 is 0 Å². The molecule has 1 aromatic carbocycles. The summed E-state index contributed by atoms with van der Waals surface area (Å²) in [6.45, 7) is 3.96. The van der Waals surface area contributed by atoms with Gasteiger partial charge in [-0.3, -0.25) is 4.79 Å². The topological polar surface area (TPSA) is 57.7 Å². The van der Waals surface area contributed by atoms with Crippen molar-refractivity contribution < 1.29 is 13.2 Å². The van der Waals surface area contributed by atoms with Crippen LogP contribution in [0, 0.1) is 0 Å². The van der Waals surface area contributed by atoms with E-state index in [1.54, 1.807) is 24.1 Å². The molecule has 22 heavy (non-hydrogen) atoms. The Labute approximate surface area is 133 Å². The molecule has 1 aliphatic rings. The van der Waals surface area contributed by atoms with Gasteiger partial charge in [-0.1, -0.05) is 13.3 Å². The highest BCUT2D eigenvalue weighted by atomic mass is 32.2. The highest BCUT2D eigenvalue weighted by molar-refractivity contribution is 7.89. The molecule has 0 N–H and O–H groups in total. The minimum atomic E-state index is -3.41. The summed E-state index contributed by atoms with van der Waals surface area (Å²) in [6.07, 6.45) is 3.82. The van der Waals surface area contributed by atoms with Crippen LogP contribution in [-0.4, -0.2) is 50.2 Å². The molecule has 0 atom stereocenters. The highest BCUT2D eigenvalue weighted by Crippen LogP contribution is 2.21. The maximum absolute atomic E-state index is 12.4. The normalized spacial score (nSPS) is 15.9. The van der Waals surface area contributed by atoms with Gasteiger partial charge in [-0.05, 0) is 43.5 Å². The van der Waals surface area contributed by atoms with Crippen LogP contribution in [0.1, 0.15) is 43.0 Å². The van der Waals surface area contributed by atoms with Crippen LogP contribution >= 0.6 is 0 Å². The number of sulfonamides is 1. The molecule has 1 aromatic rings. The molecule has 5 nitrogen and oxygen atoms in total. The predicted molar refractivity (Wildman–Crippen MR) is 86.3 cm³/mol. The summed E-state index contributed by atoms with van der Waals surface area (Å²) in [6, 6.07) is 6.28. The summed E-state index contributed by atoms with van der Waals surface area (Å²) in [5, 5.41) is 0. The van der Waals surface area contributed by atoms with E-state index in [9.17, 15) is 13.2 Å². The molecule has 1 amide bonds. The third-order valence-electron chi connectivity index (χ3n) is 4.00. The molecule has 0 saturated carbocycles. The third-order valence-corrected chi connectivity index (χ3v) is 5.91. The lowest BCUT2D eigenvalue weighted by atomic mass is 10.2. The van der Waals surface area contributed by atoms with Gasteiger partial charge in [0.15, 0.2) is 0 Å².